The molecule has 0 bridgehead atoms. The number of carboxylic acid groups (broad SMARTS) is 1. The first kappa shape index (κ1) is 28.1. The average molecular weight is 548 g/mol. The van der Waals surface area contributed by atoms with Crippen LogP contribution in [0, 0.1) is 19.8 Å². The number of hydrogen-bond donors (Lipinski definition) is 1. The number of aliphatic carboxylic acids is 1. The normalized spacial score (nSPS) is 11.8. The molecule has 0 unspecified atom stereocenters. The van der Waals surface area contributed by atoms with E-state index in [0.717, 1.165) is 6.08 Å². The first-order chi connectivity index (χ1) is 17.4. The lowest BCUT2D eigenvalue weighted by Gasteiger charge is -2.27. The molecular formula is C27H30ClNO7S. The lowest BCUT2D eigenvalue weighted by atomic mass is 10.1. The summed E-state index contributed by atoms with van der Waals surface area (Å²) in [5.41, 5.74) is 2.35. The summed E-state index contributed by atoms with van der Waals surface area (Å²) in [6, 6.07) is 11.5. The van der Waals surface area contributed by atoms with Gasteiger partial charge in [0, 0.05) is 29.3 Å². The molecule has 198 valence electrons. The van der Waals surface area contributed by atoms with E-state index in [1.165, 1.54) is 23.6 Å². The van der Waals surface area contributed by atoms with E-state index in [1.54, 1.807) is 50.2 Å². The Hall–Kier alpha value is -3.43. The van der Waals surface area contributed by atoms with Crippen LogP contribution in [0.5, 0.6) is 11.5 Å². The zero-order valence-electron chi connectivity index (χ0n) is 21.3. The van der Waals surface area contributed by atoms with E-state index in [-0.39, 0.29) is 29.9 Å². The maximum atomic E-state index is 13.6. The Kier molecular flexibility index (Phi) is 8.94. The third-order valence-electron chi connectivity index (χ3n) is 5.41. The van der Waals surface area contributed by atoms with Crippen LogP contribution in [0.2, 0.25) is 5.02 Å². The van der Waals surface area contributed by atoms with Crippen molar-refractivity contribution >= 4 is 39.4 Å². The molecule has 0 fully saturated rings. The van der Waals surface area contributed by atoms with Crippen LogP contribution in [0.1, 0.15) is 36.3 Å². The van der Waals surface area contributed by atoms with Crippen LogP contribution in [0.3, 0.4) is 0 Å². The van der Waals surface area contributed by atoms with Crippen molar-refractivity contribution in [2.45, 2.75) is 39.4 Å². The van der Waals surface area contributed by atoms with E-state index < -0.39 is 16.0 Å². The zero-order valence-corrected chi connectivity index (χ0v) is 22.9. The number of anilines is 1. The molecule has 3 aromatic rings. The van der Waals surface area contributed by atoms with Gasteiger partial charge in [0.2, 0.25) is 5.09 Å². The first-order valence-electron chi connectivity index (χ1n) is 11.5. The summed E-state index contributed by atoms with van der Waals surface area (Å²) in [7, 11) is -2.53. The van der Waals surface area contributed by atoms with Gasteiger partial charge in [-0.3, -0.25) is 4.31 Å². The summed E-state index contributed by atoms with van der Waals surface area (Å²) < 4.78 is 45.6. The summed E-state index contributed by atoms with van der Waals surface area (Å²) in [5, 5.41) is 9.13. The smallest absolute Gasteiger partial charge is 0.328 e. The third-order valence-corrected chi connectivity index (χ3v) is 7.47. The fourth-order valence-corrected chi connectivity index (χ4v) is 5.33. The zero-order chi connectivity index (χ0) is 27.3. The van der Waals surface area contributed by atoms with E-state index >= 15 is 0 Å². The summed E-state index contributed by atoms with van der Waals surface area (Å²) in [6.07, 6.45) is 2.49. The van der Waals surface area contributed by atoms with Crippen LogP contribution in [-0.2, 0) is 21.4 Å². The Bertz CT molecular complexity index is 1410. The number of benzene rings is 2. The van der Waals surface area contributed by atoms with Crippen LogP contribution in [-0.4, -0.2) is 33.1 Å². The van der Waals surface area contributed by atoms with Crippen LogP contribution in [0.25, 0.3) is 6.08 Å². The summed E-state index contributed by atoms with van der Waals surface area (Å²) in [5.74, 6) is 0.201. The number of carbonyl (C=O) groups is 1. The van der Waals surface area contributed by atoms with Crippen molar-refractivity contribution in [3.8, 4) is 11.5 Å². The second-order valence-corrected chi connectivity index (χ2v) is 11.1. The number of aryl methyl sites for hydroxylation is 2. The highest BCUT2D eigenvalue weighted by atomic mass is 35.5. The van der Waals surface area contributed by atoms with Crippen LogP contribution in [0.4, 0.5) is 5.69 Å². The molecule has 0 saturated heterocycles. The monoisotopic (exact) mass is 547 g/mol. The Morgan fingerprint density at radius 1 is 1.14 bits per heavy atom. The third kappa shape index (κ3) is 6.87. The molecule has 1 aromatic heterocycles. The van der Waals surface area contributed by atoms with Crippen molar-refractivity contribution in [1.29, 1.82) is 0 Å². The van der Waals surface area contributed by atoms with E-state index in [2.05, 4.69) is 0 Å². The number of furan rings is 1. The standard InChI is InChI=1S/C27H30ClNO7S/c1-17(2)15-29(37(32,33)27-11-6-19(4)36-27)23-12-18(3)22(28)14-25(23)35-16-21-9-7-20(8-10-26(30)31)13-24(21)34-5/h6-14,17H,15-16H2,1-5H3,(H,30,31). The van der Waals surface area contributed by atoms with Gasteiger partial charge in [-0.25, -0.2) is 4.79 Å². The molecular weight excluding hydrogens is 518 g/mol. The Morgan fingerprint density at radius 3 is 2.46 bits per heavy atom. The van der Waals surface area contributed by atoms with Crippen molar-refractivity contribution in [1.82, 2.24) is 0 Å². The molecule has 0 saturated carbocycles. The van der Waals surface area contributed by atoms with Gasteiger partial charge >= 0.3 is 5.97 Å². The summed E-state index contributed by atoms with van der Waals surface area (Å²) in [4.78, 5) is 10.8. The van der Waals surface area contributed by atoms with E-state index in [1.807, 2.05) is 13.8 Å². The molecule has 10 heteroatoms. The predicted molar refractivity (Wildman–Crippen MR) is 143 cm³/mol. The minimum Gasteiger partial charge on any atom is -0.496 e. The van der Waals surface area contributed by atoms with Crippen LogP contribution in [0.15, 0.2) is 58.1 Å². The molecule has 0 spiro atoms. The summed E-state index contributed by atoms with van der Waals surface area (Å²) >= 11 is 6.41. The first-order valence-corrected chi connectivity index (χ1v) is 13.3. The Morgan fingerprint density at radius 2 is 1.86 bits per heavy atom. The number of methoxy groups -OCH3 is 1. The van der Waals surface area contributed by atoms with Gasteiger partial charge in [-0.15, -0.1) is 0 Å². The molecule has 8 nitrogen and oxygen atoms in total. The van der Waals surface area contributed by atoms with E-state index in [4.69, 9.17) is 30.6 Å². The van der Waals surface area contributed by atoms with Gasteiger partial charge in [0.25, 0.3) is 10.0 Å². The van der Waals surface area contributed by atoms with Gasteiger partial charge in [0.05, 0.1) is 12.8 Å². The number of halogens is 1. The van der Waals surface area contributed by atoms with Gasteiger partial charge in [-0.2, -0.15) is 8.42 Å². The van der Waals surface area contributed by atoms with Gasteiger partial charge in [-0.1, -0.05) is 37.6 Å². The van der Waals surface area contributed by atoms with Crippen molar-refractivity contribution in [2.75, 3.05) is 18.0 Å². The van der Waals surface area contributed by atoms with E-state index in [0.29, 0.717) is 38.9 Å². The molecule has 0 amide bonds. The molecule has 0 radical (unpaired) electrons. The Labute approximate surface area is 222 Å². The highest BCUT2D eigenvalue weighted by Gasteiger charge is 2.31. The van der Waals surface area contributed by atoms with Gasteiger partial charge in [0.1, 0.15) is 23.9 Å². The maximum Gasteiger partial charge on any atom is 0.328 e. The molecule has 3 rings (SSSR count). The second kappa shape index (κ2) is 11.7. The van der Waals surface area contributed by atoms with Crippen molar-refractivity contribution in [3.63, 3.8) is 0 Å². The SMILES string of the molecule is COc1cc(C=CC(=O)O)ccc1COc1cc(Cl)c(C)cc1N(CC(C)C)S(=O)(=O)c1ccc(C)o1. The number of hydrogen-bond acceptors (Lipinski definition) is 6. The van der Waals surface area contributed by atoms with Gasteiger partial charge < -0.3 is 19.0 Å². The molecule has 2 aromatic carbocycles. The topological polar surface area (TPSA) is 106 Å². The highest BCUT2D eigenvalue weighted by Crippen LogP contribution is 2.38. The molecule has 0 aliphatic rings. The maximum absolute atomic E-state index is 13.6. The quantitative estimate of drug-likeness (QED) is 0.290. The summed E-state index contributed by atoms with van der Waals surface area (Å²) in [6.45, 7) is 7.55. The number of carboxylic acids is 1. The number of ether oxygens (including phenoxy) is 2. The van der Waals surface area contributed by atoms with E-state index in [9.17, 15) is 13.2 Å². The molecule has 37 heavy (non-hydrogen) atoms. The van der Waals surface area contributed by atoms with Gasteiger partial charge in [-0.05, 0) is 61.2 Å². The Balaban J connectivity index is 2.02. The molecule has 1 heterocycles. The molecule has 0 aliphatic heterocycles. The lowest BCUT2D eigenvalue weighted by molar-refractivity contribution is -0.131. The minimum absolute atomic E-state index is 0.00108. The minimum atomic E-state index is -4.03. The van der Waals surface area contributed by atoms with Crippen molar-refractivity contribution < 1.29 is 32.2 Å². The second-order valence-electron chi connectivity index (χ2n) is 8.90. The average Bonchev–Trinajstić information content (AvgIpc) is 3.29. The number of nitrogens with zero attached hydrogens (tertiary/aromatic N) is 1. The molecule has 0 aliphatic carbocycles. The van der Waals surface area contributed by atoms with Crippen molar-refractivity contribution in [2.24, 2.45) is 5.92 Å². The predicted octanol–water partition coefficient (Wildman–Crippen LogP) is 6.09. The lowest BCUT2D eigenvalue weighted by Crippen LogP contribution is -2.34. The molecule has 0 atom stereocenters. The van der Waals surface area contributed by atoms with Crippen LogP contribution < -0.4 is 13.8 Å². The van der Waals surface area contributed by atoms with Crippen molar-refractivity contribution in [3.05, 3.63) is 76.0 Å². The largest absolute Gasteiger partial charge is 0.496 e. The number of sulfonamides is 1. The highest BCUT2D eigenvalue weighted by molar-refractivity contribution is 7.92. The fourth-order valence-electron chi connectivity index (χ4n) is 3.58. The fraction of sp³-hybridized carbons (Fsp3) is 0.296. The molecule has 1 N–H and O–H groups in total. The van der Waals surface area contributed by atoms with Crippen LogP contribution >= 0.6 is 11.6 Å². The number of rotatable bonds is 11. The van der Waals surface area contributed by atoms with Gasteiger partial charge in [0.15, 0.2) is 0 Å².